The molecule has 4 rings (SSSR count). The number of carbonyl (C=O) groups is 1. The quantitative estimate of drug-likeness (QED) is 0.786. The molecule has 0 unspecified atom stereocenters. The van der Waals surface area contributed by atoms with Gasteiger partial charge in [-0.2, -0.15) is 0 Å². The molecule has 1 aliphatic carbocycles. The lowest BCUT2D eigenvalue weighted by Gasteiger charge is -2.07. The number of hydrogen-bond acceptors (Lipinski definition) is 3. The Bertz CT molecular complexity index is 836. The smallest absolute Gasteiger partial charge is 0.251 e. The molecule has 0 spiro atoms. The van der Waals surface area contributed by atoms with E-state index in [1.165, 1.54) is 12.8 Å². The molecule has 1 aliphatic rings. The van der Waals surface area contributed by atoms with Crippen molar-refractivity contribution in [3.8, 4) is 5.69 Å². The maximum absolute atomic E-state index is 12.3. The summed E-state index contributed by atoms with van der Waals surface area (Å²) in [6, 6.07) is 13.5. The van der Waals surface area contributed by atoms with Crippen molar-refractivity contribution in [2.45, 2.75) is 25.3 Å². The fourth-order valence-electron chi connectivity index (χ4n) is 2.68. The maximum atomic E-state index is 12.3. The molecule has 0 radical (unpaired) electrons. The molecule has 1 amide bonds. The molecule has 1 saturated carbocycles. The van der Waals surface area contributed by atoms with E-state index in [0.29, 0.717) is 18.0 Å². The summed E-state index contributed by atoms with van der Waals surface area (Å²) >= 11 is 0. The van der Waals surface area contributed by atoms with Crippen LogP contribution in [0.5, 0.6) is 0 Å². The van der Waals surface area contributed by atoms with E-state index in [0.717, 1.165) is 17.1 Å². The van der Waals surface area contributed by atoms with Gasteiger partial charge in [0.25, 0.3) is 5.91 Å². The number of nitrogens with zero attached hydrogens (tertiary/aromatic N) is 3. The Balaban J connectivity index is 1.40. The van der Waals surface area contributed by atoms with E-state index in [1.54, 1.807) is 6.33 Å². The van der Waals surface area contributed by atoms with Crippen LogP contribution in [0.15, 0.2) is 61.2 Å². The lowest BCUT2D eigenvalue weighted by molar-refractivity contribution is 0.0950. The van der Waals surface area contributed by atoms with Crippen LogP contribution in [0.2, 0.25) is 0 Å². The molecule has 0 saturated heterocycles. The zero-order chi connectivity index (χ0) is 16.4. The molecule has 2 aromatic heterocycles. The van der Waals surface area contributed by atoms with Gasteiger partial charge in [0.05, 0.1) is 12.2 Å². The molecule has 0 bridgehead atoms. The number of nitrogens with one attached hydrogen (secondary N) is 1. The third-order valence-corrected chi connectivity index (χ3v) is 4.20. The summed E-state index contributed by atoms with van der Waals surface area (Å²) in [5, 5.41) is 2.92. The van der Waals surface area contributed by atoms with Crippen molar-refractivity contribution in [1.82, 2.24) is 19.9 Å². The molecule has 5 heteroatoms. The highest BCUT2D eigenvalue weighted by atomic mass is 16.1. The second-order valence-electron chi connectivity index (χ2n) is 6.03. The monoisotopic (exact) mass is 318 g/mol. The number of rotatable bonds is 5. The predicted octanol–water partition coefficient (Wildman–Crippen LogP) is 3.07. The van der Waals surface area contributed by atoms with Crippen LogP contribution in [0.1, 0.15) is 40.5 Å². The fourth-order valence-corrected chi connectivity index (χ4v) is 2.68. The van der Waals surface area contributed by atoms with E-state index in [4.69, 9.17) is 0 Å². The highest BCUT2D eigenvalue weighted by Crippen LogP contribution is 2.38. The first kappa shape index (κ1) is 14.6. The molecule has 1 N–H and O–H groups in total. The summed E-state index contributed by atoms with van der Waals surface area (Å²) in [6.07, 6.45) is 7.94. The zero-order valence-corrected chi connectivity index (χ0v) is 13.2. The molecular weight excluding hydrogens is 300 g/mol. The summed E-state index contributed by atoms with van der Waals surface area (Å²) in [6.45, 7) is 0.417. The second-order valence-corrected chi connectivity index (χ2v) is 6.03. The third kappa shape index (κ3) is 3.20. The predicted molar refractivity (Wildman–Crippen MR) is 90.9 cm³/mol. The minimum Gasteiger partial charge on any atom is -0.346 e. The SMILES string of the molecule is O=C(NCc1cc(C2CC2)ncn1)c1ccc(-n2cccc2)cc1. The van der Waals surface area contributed by atoms with Gasteiger partial charge in [0.1, 0.15) is 6.33 Å². The van der Waals surface area contributed by atoms with Crippen LogP contribution in [0, 0.1) is 0 Å². The van der Waals surface area contributed by atoms with Crippen LogP contribution in [0.3, 0.4) is 0 Å². The molecule has 0 atom stereocenters. The molecule has 24 heavy (non-hydrogen) atoms. The van der Waals surface area contributed by atoms with Crippen molar-refractivity contribution in [3.63, 3.8) is 0 Å². The van der Waals surface area contributed by atoms with Gasteiger partial charge in [-0.3, -0.25) is 4.79 Å². The van der Waals surface area contributed by atoms with Crippen molar-refractivity contribution in [2.75, 3.05) is 0 Å². The van der Waals surface area contributed by atoms with Crippen molar-refractivity contribution < 1.29 is 4.79 Å². The molecule has 120 valence electrons. The van der Waals surface area contributed by atoms with E-state index < -0.39 is 0 Å². The Labute approximate surface area is 140 Å². The van der Waals surface area contributed by atoms with Gasteiger partial charge >= 0.3 is 0 Å². The highest BCUT2D eigenvalue weighted by Gasteiger charge is 2.25. The Kier molecular flexibility index (Phi) is 3.83. The number of carbonyl (C=O) groups excluding carboxylic acids is 1. The van der Waals surface area contributed by atoms with Crippen LogP contribution < -0.4 is 5.32 Å². The Morgan fingerprint density at radius 3 is 2.58 bits per heavy atom. The minimum absolute atomic E-state index is 0.0966. The van der Waals surface area contributed by atoms with Crippen molar-refractivity contribution in [2.24, 2.45) is 0 Å². The average molecular weight is 318 g/mol. The molecule has 2 heterocycles. The summed E-state index contributed by atoms with van der Waals surface area (Å²) in [5.74, 6) is 0.490. The molecule has 3 aromatic rings. The van der Waals surface area contributed by atoms with Gasteiger partial charge in [0, 0.05) is 35.3 Å². The first-order valence-corrected chi connectivity index (χ1v) is 8.12. The van der Waals surface area contributed by atoms with Crippen LogP contribution in [-0.4, -0.2) is 20.4 Å². The maximum Gasteiger partial charge on any atom is 0.251 e. The van der Waals surface area contributed by atoms with Gasteiger partial charge < -0.3 is 9.88 Å². The molecule has 1 aromatic carbocycles. The first-order valence-electron chi connectivity index (χ1n) is 8.12. The topological polar surface area (TPSA) is 59.8 Å². The second kappa shape index (κ2) is 6.28. The molecule has 5 nitrogen and oxygen atoms in total. The summed E-state index contributed by atoms with van der Waals surface area (Å²) in [4.78, 5) is 20.8. The molecule has 0 aliphatic heterocycles. The lowest BCUT2D eigenvalue weighted by atomic mass is 10.2. The number of amides is 1. The van der Waals surface area contributed by atoms with Crippen molar-refractivity contribution in [3.05, 3.63) is 78.1 Å². The minimum atomic E-state index is -0.0966. The largest absolute Gasteiger partial charge is 0.346 e. The van der Waals surface area contributed by atoms with Gasteiger partial charge in [-0.15, -0.1) is 0 Å². The van der Waals surface area contributed by atoms with Crippen LogP contribution >= 0.6 is 0 Å². The van der Waals surface area contributed by atoms with Crippen LogP contribution in [-0.2, 0) is 6.54 Å². The normalized spacial score (nSPS) is 13.7. The van der Waals surface area contributed by atoms with Crippen molar-refractivity contribution >= 4 is 5.91 Å². The standard InChI is InChI=1S/C19H18N4O/c24-19(15-5-7-17(8-6-15)23-9-1-2-10-23)20-12-16-11-18(14-3-4-14)22-13-21-16/h1-2,5-11,13-14H,3-4,12H2,(H,20,24). The van der Waals surface area contributed by atoms with Gasteiger partial charge in [-0.05, 0) is 55.3 Å². The summed E-state index contributed by atoms with van der Waals surface area (Å²) < 4.78 is 2.00. The molecular formula is C19H18N4O. The van der Waals surface area contributed by atoms with Gasteiger partial charge in [-0.1, -0.05) is 0 Å². The average Bonchev–Trinajstić information content (AvgIpc) is 3.34. The Hall–Kier alpha value is -2.95. The first-order chi connectivity index (χ1) is 11.8. The third-order valence-electron chi connectivity index (χ3n) is 4.20. The van der Waals surface area contributed by atoms with Gasteiger partial charge in [0.15, 0.2) is 0 Å². The fraction of sp³-hybridized carbons (Fsp3) is 0.211. The van der Waals surface area contributed by atoms with Crippen LogP contribution in [0.25, 0.3) is 5.69 Å². The highest BCUT2D eigenvalue weighted by molar-refractivity contribution is 5.94. The van der Waals surface area contributed by atoms with E-state index in [2.05, 4.69) is 15.3 Å². The zero-order valence-electron chi connectivity index (χ0n) is 13.2. The Morgan fingerprint density at radius 1 is 1.12 bits per heavy atom. The van der Waals surface area contributed by atoms with E-state index in [-0.39, 0.29) is 5.91 Å². The van der Waals surface area contributed by atoms with E-state index in [9.17, 15) is 4.79 Å². The van der Waals surface area contributed by atoms with Gasteiger partial charge in [0.2, 0.25) is 0 Å². The number of aromatic nitrogens is 3. The van der Waals surface area contributed by atoms with E-state index >= 15 is 0 Å². The molecule has 1 fully saturated rings. The number of benzene rings is 1. The Morgan fingerprint density at radius 2 is 1.88 bits per heavy atom. The number of hydrogen-bond donors (Lipinski definition) is 1. The van der Waals surface area contributed by atoms with E-state index in [1.807, 2.05) is 59.4 Å². The van der Waals surface area contributed by atoms with Crippen LogP contribution in [0.4, 0.5) is 0 Å². The lowest BCUT2D eigenvalue weighted by Crippen LogP contribution is -2.23. The summed E-state index contributed by atoms with van der Waals surface area (Å²) in [7, 11) is 0. The summed E-state index contributed by atoms with van der Waals surface area (Å²) in [5.41, 5.74) is 3.61. The van der Waals surface area contributed by atoms with Gasteiger partial charge in [-0.25, -0.2) is 9.97 Å². The van der Waals surface area contributed by atoms with Crippen molar-refractivity contribution in [1.29, 1.82) is 0 Å².